The fourth-order valence-corrected chi connectivity index (χ4v) is 3.22. The average molecular weight is 385 g/mol. The van der Waals surface area contributed by atoms with E-state index in [0.29, 0.717) is 11.3 Å². The Morgan fingerprint density at radius 1 is 1.11 bits per heavy atom. The molecule has 7 heteroatoms. The molecule has 1 atom stereocenters. The van der Waals surface area contributed by atoms with Crippen LogP contribution in [-0.2, 0) is 14.3 Å². The minimum atomic E-state index is -1.04. The third-order valence-corrected chi connectivity index (χ3v) is 4.64. The van der Waals surface area contributed by atoms with Crippen LogP contribution < -0.4 is 4.74 Å². The molecular weight excluding hydrogens is 365 g/mol. The molecule has 1 fully saturated rings. The Hall–Kier alpha value is -3.19. The minimum Gasteiger partial charge on any atom is -0.507 e. The second-order valence-corrected chi connectivity index (χ2v) is 6.24. The number of ether oxygens (including phenoxy) is 2. The molecule has 1 N–H and O–H groups in total. The first kappa shape index (κ1) is 19.6. The van der Waals surface area contributed by atoms with Gasteiger partial charge in [0.25, 0.3) is 11.7 Å². The van der Waals surface area contributed by atoms with Crippen molar-refractivity contribution in [3.8, 4) is 5.75 Å². The number of Topliss-reactive ketones (excluding diaryl/α,β-unsaturated/α-hetero) is 1. The number of ketones is 1. The molecule has 1 heterocycles. The van der Waals surface area contributed by atoms with E-state index < -0.39 is 23.5 Å². The maximum atomic E-state index is 14.5. The fraction of sp³-hybridized carbons (Fsp3) is 0.238. The van der Waals surface area contributed by atoms with Gasteiger partial charge in [0, 0.05) is 24.8 Å². The summed E-state index contributed by atoms with van der Waals surface area (Å²) in [5.74, 6) is -2.03. The summed E-state index contributed by atoms with van der Waals surface area (Å²) in [4.78, 5) is 26.5. The summed E-state index contributed by atoms with van der Waals surface area (Å²) in [6.45, 7) is 0.250. The topological polar surface area (TPSA) is 76.1 Å². The SMILES string of the molecule is COCCN1C(=O)C(=O)/C(=C(/O)c2ccc(OC)cc2)C1c1ccccc1F. The van der Waals surface area contributed by atoms with Gasteiger partial charge in [-0.1, -0.05) is 18.2 Å². The lowest BCUT2D eigenvalue weighted by Gasteiger charge is -2.25. The fourth-order valence-electron chi connectivity index (χ4n) is 3.22. The number of carbonyl (C=O) groups is 2. The number of nitrogens with zero attached hydrogens (tertiary/aromatic N) is 1. The Morgan fingerprint density at radius 2 is 1.79 bits per heavy atom. The van der Waals surface area contributed by atoms with Crippen LogP contribution in [0, 0.1) is 5.82 Å². The van der Waals surface area contributed by atoms with Crippen LogP contribution in [0.15, 0.2) is 54.1 Å². The lowest BCUT2D eigenvalue weighted by atomic mass is 9.95. The molecule has 146 valence electrons. The van der Waals surface area contributed by atoms with Crippen LogP contribution >= 0.6 is 0 Å². The van der Waals surface area contributed by atoms with Gasteiger partial charge in [-0.2, -0.15) is 0 Å². The molecular formula is C21H20FNO5. The molecule has 2 aromatic rings. The first-order chi connectivity index (χ1) is 13.5. The van der Waals surface area contributed by atoms with Gasteiger partial charge < -0.3 is 19.5 Å². The van der Waals surface area contributed by atoms with Gasteiger partial charge in [-0.3, -0.25) is 9.59 Å². The average Bonchev–Trinajstić information content (AvgIpc) is 2.96. The standard InChI is InChI=1S/C21H20FNO5/c1-27-12-11-23-18(15-5-3-4-6-16(15)22)17(20(25)21(23)26)19(24)13-7-9-14(28-2)10-8-13/h3-10,18,24H,11-12H2,1-2H3/b19-17+. The molecule has 0 aromatic heterocycles. The molecule has 3 rings (SSSR count). The third kappa shape index (κ3) is 3.48. The highest BCUT2D eigenvalue weighted by atomic mass is 19.1. The van der Waals surface area contributed by atoms with E-state index in [4.69, 9.17) is 9.47 Å². The van der Waals surface area contributed by atoms with E-state index >= 15 is 0 Å². The smallest absolute Gasteiger partial charge is 0.295 e. The van der Waals surface area contributed by atoms with E-state index in [2.05, 4.69) is 0 Å². The number of methoxy groups -OCH3 is 2. The van der Waals surface area contributed by atoms with Gasteiger partial charge in [0.2, 0.25) is 0 Å². The zero-order valence-electron chi connectivity index (χ0n) is 15.5. The van der Waals surface area contributed by atoms with Gasteiger partial charge in [-0.15, -0.1) is 0 Å². The molecule has 6 nitrogen and oxygen atoms in total. The minimum absolute atomic E-state index is 0.0828. The first-order valence-corrected chi connectivity index (χ1v) is 8.65. The van der Waals surface area contributed by atoms with Crippen LogP contribution in [0.25, 0.3) is 5.76 Å². The zero-order chi connectivity index (χ0) is 20.3. The number of aliphatic hydroxyl groups is 1. The molecule has 0 spiro atoms. The van der Waals surface area contributed by atoms with Crippen LogP contribution in [0.1, 0.15) is 17.2 Å². The number of benzene rings is 2. The molecule has 1 saturated heterocycles. The molecule has 1 aliphatic rings. The van der Waals surface area contributed by atoms with Gasteiger partial charge in [0.05, 0.1) is 25.3 Å². The van der Waals surface area contributed by atoms with Crippen LogP contribution in [-0.4, -0.2) is 49.1 Å². The van der Waals surface area contributed by atoms with Crippen LogP contribution in [0.2, 0.25) is 0 Å². The van der Waals surface area contributed by atoms with Crippen molar-refractivity contribution in [2.24, 2.45) is 0 Å². The van der Waals surface area contributed by atoms with Crippen molar-refractivity contribution >= 4 is 17.4 Å². The number of rotatable bonds is 6. The van der Waals surface area contributed by atoms with E-state index in [9.17, 15) is 19.1 Å². The molecule has 0 aliphatic carbocycles. The van der Waals surface area contributed by atoms with Crippen molar-refractivity contribution in [2.75, 3.05) is 27.4 Å². The maximum Gasteiger partial charge on any atom is 0.295 e. The van der Waals surface area contributed by atoms with E-state index in [1.165, 1.54) is 37.3 Å². The van der Waals surface area contributed by atoms with Crippen LogP contribution in [0.4, 0.5) is 4.39 Å². The van der Waals surface area contributed by atoms with Crippen LogP contribution in [0.5, 0.6) is 5.75 Å². The third-order valence-electron chi connectivity index (χ3n) is 4.64. The molecule has 0 bridgehead atoms. The van der Waals surface area contributed by atoms with Gasteiger partial charge in [-0.25, -0.2) is 4.39 Å². The molecule has 1 unspecified atom stereocenters. The van der Waals surface area contributed by atoms with E-state index in [-0.39, 0.29) is 30.0 Å². The van der Waals surface area contributed by atoms with E-state index in [1.54, 1.807) is 30.3 Å². The highest BCUT2D eigenvalue weighted by Crippen LogP contribution is 2.40. The monoisotopic (exact) mass is 385 g/mol. The molecule has 1 amide bonds. The predicted octanol–water partition coefficient (Wildman–Crippen LogP) is 2.90. The summed E-state index contributed by atoms with van der Waals surface area (Å²) in [6, 6.07) is 11.2. The molecule has 1 aliphatic heterocycles. The molecule has 28 heavy (non-hydrogen) atoms. The van der Waals surface area contributed by atoms with E-state index in [1.807, 2.05) is 0 Å². The first-order valence-electron chi connectivity index (χ1n) is 8.65. The quantitative estimate of drug-likeness (QED) is 0.470. The van der Waals surface area contributed by atoms with Crippen molar-refractivity contribution in [3.05, 3.63) is 71.0 Å². The highest BCUT2D eigenvalue weighted by molar-refractivity contribution is 6.46. The van der Waals surface area contributed by atoms with Crippen molar-refractivity contribution < 1.29 is 28.6 Å². The number of amides is 1. The number of likely N-dealkylation sites (tertiary alicyclic amines) is 1. The van der Waals surface area contributed by atoms with Crippen molar-refractivity contribution in [1.29, 1.82) is 0 Å². The summed E-state index contributed by atoms with van der Waals surface area (Å²) < 4.78 is 24.6. The Labute approximate surface area is 161 Å². The molecule has 0 saturated carbocycles. The Bertz CT molecular complexity index is 923. The van der Waals surface area contributed by atoms with Gasteiger partial charge in [0.15, 0.2) is 0 Å². The van der Waals surface area contributed by atoms with Gasteiger partial charge in [-0.05, 0) is 30.3 Å². The van der Waals surface area contributed by atoms with E-state index in [0.717, 1.165) is 0 Å². The summed E-state index contributed by atoms with van der Waals surface area (Å²) in [5, 5.41) is 10.8. The van der Waals surface area contributed by atoms with Crippen molar-refractivity contribution in [1.82, 2.24) is 4.90 Å². The second-order valence-electron chi connectivity index (χ2n) is 6.24. The Kier molecular flexibility index (Phi) is 5.75. The maximum absolute atomic E-state index is 14.5. The molecule has 0 radical (unpaired) electrons. The van der Waals surface area contributed by atoms with Crippen LogP contribution in [0.3, 0.4) is 0 Å². The number of aliphatic hydroxyl groups excluding tert-OH is 1. The highest BCUT2D eigenvalue weighted by Gasteiger charge is 2.46. The summed E-state index contributed by atoms with van der Waals surface area (Å²) in [6.07, 6.45) is 0. The number of hydrogen-bond acceptors (Lipinski definition) is 5. The molecule has 2 aromatic carbocycles. The van der Waals surface area contributed by atoms with Crippen molar-refractivity contribution in [2.45, 2.75) is 6.04 Å². The lowest BCUT2D eigenvalue weighted by molar-refractivity contribution is -0.140. The summed E-state index contributed by atoms with van der Waals surface area (Å²) in [5.41, 5.74) is 0.302. The number of halogens is 1. The zero-order valence-corrected chi connectivity index (χ0v) is 15.5. The van der Waals surface area contributed by atoms with Crippen molar-refractivity contribution in [3.63, 3.8) is 0 Å². The second kappa shape index (κ2) is 8.22. The normalized spacial score (nSPS) is 18.5. The summed E-state index contributed by atoms with van der Waals surface area (Å²) in [7, 11) is 2.97. The lowest BCUT2D eigenvalue weighted by Crippen LogP contribution is -2.33. The van der Waals surface area contributed by atoms with Gasteiger partial charge in [0.1, 0.15) is 17.3 Å². The number of carbonyl (C=O) groups excluding carboxylic acids is 2. The predicted molar refractivity (Wildman–Crippen MR) is 100 cm³/mol. The Morgan fingerprint density at radius 3 is 2.39 bits per heavy atom. The summed E-state index contributed by atoms with van der Waals surface area (Å²) >= 11 is 0. The Balaban J connectivity index is 2.16. The van der Waals surface area contributed by atoms with Gasteiger partial charge >= 0.3 is 0 Å². The largest absolute Gasteiger partial charge is 0.507 e. The number of hydrogen-bond donors (Lipinski definition) is 1.